The van der Waals surface area contributed by atoms with Crippen molar-refractivity contribution in [1.29, 1.82) is 0 Å². The second-order valence-electron chi connectivity index (χ2n) is 4.15. The molecule has 0 radical (unpaired) electrons. The molecule has 0 spiro atoms. The van der Waals surface area contributed by atoms with E-state index in [-0.39, 0.29) is 0 Å². The number of benzene rings is 1. The molecule has 0 saturated heterocycles. The van der Waals surface area contributed by atoms with Crippen LogP contribution >= 0.6 is 22.6 Å². The Labute approximate surface area is 107 Å². The van der Waals surface area contributed by atoms with Crippen molar-refractivity contribution >= 4 is 28.3 Å². The van der Waals surface area contributed by atoms with Crippen molar-refractivity contribution in [2.75, 3.05) is 5.32 Å². The van der Waals surface area contributed by atoms with Crippen LogP contribution in [0, 0.1) is 10.5 Å². The molecule has 84 valence electrons. The van der Waals surface area contributed by atoms with E-state index < -0.39 is 0 Å². The van der Waals surface area contributed by atoms with Crippen LogP contribution in [0.3, 0.4) is 0 Å². The van der Waals surface area contributed by atoms with Gasteiger partial charge in [-0.05, 0) is 60.6 Å². The van der Waals surface area contributed by atoms with E-state index in [1.54, 1.807) is 0 Å². The third-order valence-electron chi connectivity index (χ3n) is 2.58. The molecule has 1 aromatic carbocycles. The van der Waals surface area contributed by atoms with E-state index in [1.807, 2.05) is 0 Å². The van der Waals surface area contributed by atoms with Gasteiger partial charge < -0.3 is 5.32 Å². The number of anilines is 1. The van der Waals surface area contributed by atoms with Crippen LogP contribution in [0.25, 0.3) is 0 Å². The highest BCUT2D eigenvalue weighted by Gasteiger charge is 2.02. The zero-order valence-electron chi connectivity index (χ0n) is 9.81. The van der Waals surface area contributed by atoms with Gasteiger partial charge in [-0.3, -0.25) is 0 Å². The van der Waals surface area contributed by atoms with Gasteiger partial charge in [-0.2, -0.15) is 0 Å². The van der Waals surface area contributed by atoms with Crippen LogP contribution < -0.4 is 5.32 Å². The molecule has 0 bridgehead atoms. The minimum absolute atomic E-state index is 0.573. The lowest BCUT2D eigenvalue weighted by molar-refractivity contribution is 0.645. The standard InChI is InChI=1S/C13H20IN/c1-4-5-6-11(3)15-12-8-7-10(2)13(14)9-12/h7-9,11,15H,4-6H2,1-3H3. The van der Waals surface area contributed by atoms with Gasteiger partial charge in [0.2, 0.25) is 0 Å². The van der Waals surface area contributed by atoms with Crippen LogP contribution in [0.5, 0.6) is 0 Å². The first kappa shape index (κ1) is 12.8. The fourth-order valence-corrected chi connectivity index (χ4v) is 2.06. The third kappa shape index (κ3) is 4.41. The second-order valence-corrected chi connectivity index (χ2v) is 5.31. The van der Waals surface area contributed by atoms with Crippen LogP contribution in [-0.4, -0.2) is 6.04 Å². The minimum Gasteiger partial charge on any atom is -0.383 e. The first-order chi connectivity index (χ1) is 7.13. The molecule has 0 saturated carbocycles. The topological polar surface area (TPSA) is 12.0 Å². The number of aryl methyl sites for hydroxylation is 1. The number of halogens is 1. The maximum atomic E-state index is 3.54. The number of hydrogen-bond acceptors (Lipinski definition) is 1. The van der Waals surface area contributed by atoms with E-state index in [0.717, 1.165) is 0 Å². The Balaban J connectivity index is 2.53. The molecule has 0 amide bonds. The fraction of sp³-hybridized carbons (Fsp3) is 0.538. The van der Waals surface area contributed by atoms with E-state index in [1.165, 1.54) is 34.1 Å². The molecule has 0 aliphatic heterocycles. The Morgan fingerprint density at radius 2 is 2.13 bits per heavy atom. The molecule has 0 aromatic heterocycles. The molecule has 0 heterocycles. The predicted molar refractivity (Wildman–Crippen MR) is 76.5 cm³/mol. The quantitative estimate of drug-likeness (QED) is 0.783. The van der Waals surface area contributed by atoms with E-state index >= 15 is 0 Å². The van der Waals surface area contributed by atoms with Crippen molar-refractivity contribution in [3.63, 3.8) is 0 Å². The van der Waals surface area contributed by atoms with Crippen molar-refractivity contribution in [2.45, 2.75) is 46.1 Å². The van der Waals surface area contributed by atoms with Crippen LogP contribution in [-0.2, 0) is 0 Å². The summed E-state index contributed by atoms with van der Waals surface area (Å²) in [6.07, 6.45) is 3.83. The molecule has 0 aliphatic carbocycles. The molecule has 1 aromatic rings. The molecule has 0 fully saturated rings. The number of unbranched alkanes of at least 4 members (excludes halogenated alkanes) is 1. The second kappa shape index (κ2) is 6.36. The Morgan fingerprint density at radius 1 is 1.40 bits per heavy atom. The van der Waals surface area contributed by atoms with Crippen molar-refractivity contribution in [2.24, 2.45) is 0 Å². The predicted octanol–water partition coefficient (Wildman–Crippen LogP) is 4.59. The molecular formula is C13H20IN. The highest BCUT2D eigenvalue weighted by molar-refractivity contribution is 14.1. The summed E-state index contributed by atoms with van der Waals surface area (Å²) < 4.78 is 1.33. The van der Waals surface area contributed by atoms with Crippen molar-refractivity contribution in [3.8, 4) is 0 Å². The minimum atomic E-state index is 0.573. The maximum Gasteiger partial charge on any atom is 0.0353 e. The van der Waals surface area contributed by atoms with Crippen LogP contribution in [0.1, 0.15) is 38.7 Å². The lowest BCUT2D eigenvalue weighted by Crippen LogP contribution is -2.14. The molecular weight excluding hydrogens is 297 g/mol. The van der Waals surface area contributed by atoms with Crippen LogP contribution in [0.4, 0.5) is 5.69 Å². The highest BCUT2D eigenvalue weighted by atomic mass is 127. The molecule has 2 heteroatoms. The smallest absolute Gasteiger partial charge is 0.0353 e. The fourth-order valence-electron chi connectivity index (χ4n) is 1.55. The summed E-state index contributed by atoms with van der Waals surface area (Å²) in [5.74, 6) is 0. The van der Waals surface area contributed by atoms with Gasteiger partial charge in [0.25, 0.3) is 0 Å². The Morgan fingerprint density at radius 3 is 2.73 bits per heavy atom. The largest absolute Gasteiger partial charge is 0.383 e. The highest BCUT2D eigenvalue weighted by Crippen LogP contribution is 2.18. The lowest BCUT2D eigenvalue weighted by Gasteiger charge is -2.15. The van der Waals surface area contributed by atoms with Gasteiger partial charge in [-0.15, -0.1) is 0 Å². The van der Waals surface area contributed by atoms with Crippen molar-refractivity contribution < 1.29 is 0 Å². The molecule has 1 rings (SSSR count). The molecule has 1 atom stereocenters. The van der Waals surface area contributed by atoms with Gasteiger partial charge in [-0.25, -0.2) is 0 Å². The molecule has 1 nitrogen and oxygen atoms in total. The SMILES string of the molecule is CCCCC(C)Nc1ccc(C)c(I)c1. The monoisotopic (exact) mass is 317 g/mol. The maximum absolute atomic E-state index is 3.54. The summed E-state index contributed by atoms with van der Waals surface area (Å²) in [7, 11) is 0. The van der Waals surface area contributed by atoms with Crippen LogP contribution in [0.15, 0.2) is 18.2 Å². The van der Waals surface area contributed by atoms with Gasteiger partial charge in [0.15, 0.2) is 0 Å². The first-order valence-corrected chi connectivity index (χ1v) is 6.74. The number of nitrogens with one attached hydrogen (secondary N) is 1. The number of rotatable bonds is 5. The average molecular weight is 317 g/mol. The Hall–Kier alpha value is -0.250. The van der Waals surface area contributed by atoms with Gasteiger partial charge in [0.05, 0.1) is 0 Å². The molecule has 15 heavy (non-hydrogen) atoms. The van der Waals surface area contributed by atoms with E-state index in [9.17, 15) is 0 Å². The van der Waals surface area contributed by atoms with Gasteiger partial charge in [0.1, 0.15) is 0 Å². The van der Waals surface area contributed by atoms with Gasteiger partial charge in [0, 0.05) is 15.3 Å². The van der Waals surface area contributed by atoms with E-state index in [0.29, 0.717) is 6.04 Å². The molecule has 1 unspecified atom stereocenters. The Bertz CT molecular complexity index is 309. The van der Waals surface area contributed by atoms with Crippen LogP contribution in [0.2, 0.25) is 0 Å². The van der Waals surface area contributed by atoms with Gasteiger partial charge in [-0.1, -0.05) is 25.8 Å². The first-order valence-electron chi connectivity index (χ1n) is 5.66. The zero-order valence-corrected chi connectivity index (χ0v) is 12.0. The molecule has 0 aliphatic rings. The lowest BCUT2D eigenvalue weighted by atomic mass is 10.1. The third-order valence-corrected chi connectivity index (χ3v) is 3.74. The van der Waals surface area contributed by atoms with E-state index in [2.05, 4.69) is 66.9 Å². The summed E-state index contributed by atoms with van der Waals surface area (Å²) >= 11 is 2.39. The zero-order chi connectivity index (χ0) is 11.3. The number of hydrogen-bond donors (Lipinski definition) is 1. The summed E-state index contributed by atoms with van der Waals surface area (Å²) in [5, 5.41) is 3.54. The summed E-state index contributed by atoms with van der Waals surface area (Å²) in [4.78, 5) is 0. The summed E-state index contributed by atoms with van der Waals surface area (Å²) in [5.41, 5.74) is 2.59. The Kier molecular flexibility index (Phi) is 5.43. The average Bonchev–Trinajstić information content (AvgIpc) is 2.20. The van der Waals surface area contributed by atoms with Crippen molar-refractivity contribution in [3.05, 3.63) is 27.3 Å². The van der Waals surface area contributed by atoms with E-state index in [4.69, 9.17) is 0 Å². The summed E-state index contributed by atoms with van der Waals surface area (Å²) in [6.45, 7) is 6.63. The van der Waals surface area contributed by atoms with Gasteiger partial charge >= 0.3 is 0 Å². The normalized spacial score (nSPS) is 12.5. The summed E-state index contributed by atoms with van der Waals surface area (Å²) in [6, 6.07) is 7.14. The molecule has 1 N–H and O–H groups in total. The van der Waals surface area contributed by atoms with Crippen molar-refractivity contribution in [1.82, 2.24) is 0 Å².